The zero-order chi connectivity index (χ0) is 14.0. The molecule has 0 amide bonds. The maximum Gasteiger partial charge on any atom is 0.148 e. The first-order chi connectivity index (χ1) is 9.01. The van der Waals surface area contributed by atoms with Crippen molar-refractivity contribution >= 4 is 11.4 Å². The average molecular weight is 267 g/mol. The Morgan fingerprint density at radius 3 is 2.84 bits per heavy atom. The molecule has 19 heavy (non-hydrogen) atoms. The number of methoxy groups -OCH3 is 1. The van der Waals surface area contributed by atoms with E-state index >= 15 is 0 Å². The molecule has 1 heterocycles. The fourth-order valence-electron chi connectivity index (χ4n) is 2.69. The topological polar surface area (TPSA) is 41.7 Å². The summed E-state index contributed by atoms with van der Waals surface area (Å²) in [5, 5.41) is 0. The zero-order valence-electron chi connectivity index (χ0n) is 11.8. The molecular formula is C14H22FN3O. The van der Waals surface area contributed by atoms with E-state index in [0.717, 1.165) is 26.1 Å². The molecule has 1 aromatic carbocycles. The molecule has 0 radical (unpaired) electrons. The molecule has 2 N–H and O–H groups in total. The molecular weight excluding hydrogens is 245 g/mol. The molecule has 1 aliphatic rings. The number of ether oxygens (including phenoxy) is 1. The zero-order valence-corrected chi connectivity index (χ0v) is 11.8. The fourth-order valence-corrected chi connectivity index (χ4v) is 2.69. The molecule has 0 aliphatic carbocycles. The number of halogens is 1. The number of hydrogen-bond acceptors (Lipinski definition) is 4. The van der Waals surface area contributed by atoms with Gasteiger partial charge in [-0.05, 0) is 25.9 Å². The van der Waals surface area contributed by atoms with Gasteiger partial charge in [-0.25, -0.2) is 4.39 Å². The minimum absolute atomic E-state index is 0.299. The fraction of sp³-hybridized carbons (Fsp3) is 0.571. The first-order valence-corrected chi connectivity index (χ1v) is 6.54. The summed E-state index contributed by atoms with van der Waals surface area (Å²) in [7, 11) is 5.57. The van der Waals surface area contributed by atoms with Gasteiger partial charge in [0, 0.05) is 32.3 Å². The van der Waals surface area contributed by atoms with Crippen molar-refractivity contribution in [2.24, 2.45) is 5.92 Å². The summed E-state index contributed by atoms with van der Waals surface area (Å²) < 4.78 is 19.1. The van der Waals surface area contributed by atoms with Crippen molar-refractivity contribution in [3.8, 4) is 5.75 Å². The molecule has 1 aromatic rings. The summed E-state index contributed by atoms with van der Waals surface area (Å²) in [6, 6.07) is 2.99. The monoisotopic (exact) mass is 267 g/mol. The lowest BCUT2D eigenvalue weighted by Crippen LogP contribution is -2.27. The van der Waals surface area contributed by atoms with Crippen molar-refractivity contribution in [1.82, 2.24) is 4.90 Å². The van der Waals surface area contributed by atoms with E-state index in [2.05, 4.69) is 11.9 Å². The predicted molar refractivity (Wildman–Crippen MR) is 76.2 cm³/mol. The number of benzene rings is 1. The highest BCUT2D eigenvalue weighted by Gasteiger charge is 2.22. The molecule has 1 aliphatic heterocycles. The smallest absolute Gasteiger partial charge is 0.148 e. The SMILES string of the molecule is COc1cc(N(C)CC2CCN(C)C2)c(F)cc1N. The molecule has 0 saturated carbocycles. The van der Waals surface area contributed by atoms with Crippen LogP contribution < -0.4 is 15.4 Å². The Labute approximate surface area is 113 Å². The summed E-state index contributed by atoms with van der Waals surface area (Å²) >= 11 is 0. The van der Waals surface area contributed by atoms with Crippen molar-refractivity contribution in [1.29, 1.82) is 0 Å². The van der Waals surface area contributed by atoms with E-state index in [1.165, 1.54) is 6.07 Å². The summed E-state index contributed by atoms with van der Waals surface area (Å²) in [6.45, 7) is 3.03. The molecule has 0 bridgehead atoms. The van der Waals surface area contributed by atoms with Gasteiger partial charge in [-0.3, -0.25) is 0 Å². The van der Waals surface area contributed by atoms with Crippen LogP contribution in [-0.4, -0.2) is 45.7 Å². The Balaban J connectivity index is 2.12. The third kappa shape index (κ3) is 3.10. The van der Waals surface area contributed by atoms with Crippen LogP contribution in [0, 0.1) is 11.7 Å². The van der Waals surface area contributed by atoms with Gasteiger partial charge < -0.3 is 20.3 Å². The lowest BCUT2D eigenvalue weighted by atomic mass is 10.1. The minimum Gasteiger partial charge on any atom is -0.495 e. The maximum atomic E-state index is 14.0. The first kappa shape index (κ1) is 13.9. The van der Waals surface area contributed by atoms with Crippen LogP contribution >= 0.6 is 0 Å². The largest absolute Gasteiger partial charge is 0.495 e. The molecule has 1 fully saturated rings. The lowest BCUT2D eigenvalue weighted by molar-refractivity contribution is 0.395. The molecule has 1 unspecified atom stereocenters. The summed E-state index contributed by atoms with van der Waals surface area (Å²) in [5.74, 6) is 0.803. The van der Waals surface area contributed by atoms with E-state index in [9.17, 15) is 4.39 Å². The third-order valence-corrected chi connectivity index (χ3v) is 3.73. The number of hydrogen-bond donors (Lipinski definition) is 1. The molecule has 1 atom stereocenters. The average Bonchev–Trinajstić information content (AvgIpc) is 2.74. The normalized spacial score (nSPS) is 19.7. The Hall–Kier alpha value is -1.49. The number of rotatable bonds is 4. The van der Waals surface area contributed by atoms with Crippen molar-refractivity contribution in [2.45, 2.75) is 6.42 Å². The minimum atomic E-state index is -0.299. The van der Waals surface area contributed by atoms with Gasteiger partial charge >= 0.3 is 0 Å². The molecule has 5 heteroatoms. The van der Waals surface area contributed by atoms with Crippen LogP contribution in [0.5, 0.6) is 5.75 Å². The maximum absolute atomic E-state index is 14.0. The van der Waals surface area contributed by atoms with Gasteiger partial charge in [-0.1, -0.05) is 0 Å². The van der Waals surface area contributed by atoms with E-state index in [4.69, 9.17) is 10.5 Å². The van der Waals surface area contributed by atoms with Crippen LogP contribution in [0.3, 0.4) is 0 Å². The number of nitrogen functional groups attached to an aromatic ring is 1. The lowest BCUT2D eigenvalue weighted by Gasteiger charge is -2.24. The molecule has 0 spiro atoms. The van der Waals surface area contributed by atoms with Crippen LogP contribution in [0.25, 0.3) is 0 Å². The highest BCUT2D eigenvalue weighted by Crippen LogP contribution is 2.31. The van der Waals surface area contributed by atoms with Crippen LogP contribution in [0.15, 0.2) is 12.1 Å². The Morgan fingerprint density at radius 2 is 2.26 bits per heavy atom. The van der Waals surface area contributed by atoms with Crippen molar-refractivity contribution < 1.29 is 9.13 Å². The van der Waals surface area contributed by atoms with Gasteiger partial charge in [0.15, 0.2) is 0 Å². The second-order valence-electron chi connectivity index (χ2n) is 5.34. The summed E-state index contributed by atoms with van der Waals surface area (Å²) in [4.78, 5) is 4.25. The third-order valence-electron chi connectivity index (χ3n) is 3.73. The van der Waals surface area contributed by atoms with Gasteiger partial charge in [0.2, 0.25) is 0 Å². The van der Waals surface area contributed by atoms with Gasteiger partial charge in [0.1, 0.15) is 11.6 Å². The van der Waals surface area contributed by atoms with Gasteiger partial charge in [-0.15, -0.1) is 0 Å². The van der Waals surface area contributed by atoms with Crippen LogP contribution in [-0.2, 0) is 0 Å². The number of anilines is 2. The highest BCUT2D eigenvalue weighted by molar-refractivity contribution is 5.63. The molecule has 0 aromatic heterocycles. The highest BCUT2D eigenvalue weighted by atomic mass is 19.1. The Morgan fingerprint density at radius 1 is 1.53 bits per heavy atom. The first-order valence-electron chi connectivity index (χ1n) is 6.54. The van der Waals surface area contributed by atoms with E-state index in [1.54, 1.807) is 13.2 Å². The quantitative estimate of drug-likeness (QED) is 0.845. The van der Waals surface area contributed by atoms with Crippen molar-refractivity contribution in [3.05, 3.63) is 17.9 Å². The number of likely N-dealkylation sites (tertiary alicyclic amines) is 1. The molecule has 106 valence electrons. The van der Waals surface area contributed by atoms with Gasteiger partial charge in [0.25, 0.3) is 0 Å². The number of nitrogens with two attached hydrogens (primary N) is 1. The van der Waals surface area contributed by atoms with E-state index in [0.29, 0.717) is 23.0 Å². The predicted octanol–water partition coefficient (Wildman–Crippen LogP) is 1.80. The van der Waals surface area contributed by atoms with Crippen LogP contribution in [0.4, 0.5) is 15.8 Å². The van der Waals surface area contributed by atoms with Crippen LogP contribution in [0.2, 0.25) is 0 Å². The van der Waals surface area contributed by atoms with E-state index in [-0.39, 0.29) is 5.82 Å². The second kappa shape index (κ2) is 5.65. The van der Waals surface area contributed by atoms with E-state index in [1.807, 2.05) is 11.9 Å². The van der Waals surface area contributed by atoms with Crippen molar-refractivity contribution in [2.75, 3.05) is 51.5 Å². The molecule has 1 saturated heterocycles. The van der Waals surface area contributed by atoms with Gasteiger partial charge in [-0.2, -0.15) is 0 Å². The Bertz CT molecular complexity index is 453. The Kier molecular flexibility index (Phi) is 4.14. The van der Waals surface area contributed by atoms with E-state index < -0.39 is 0 Å². The van der Waals surface area contributed by atoms with Crippen molar-refractivity contribution in [3.63, 3.8) is 0 Å². The van der Waals surface area contributed by atoms with Gasteiger partial charge in [0.05, 0.1) is 18.5 Å². The molecule has 2 rings (SSSR count). The van der Waals surface area contributed by atoms with Crippen LogP contribution in [0.1, 0.15) is 6.42 Å². The second-order valence-corrected chi connectivity index (χ2v) is 5.34. The summed E-state index contributed by atoms with van der Waals surface area (Å²) in [6.07, 6.45) is 1.16. The summed E-state index contributed by atoms with van der Waals surface area (Å²) in [5.41, 5.74) is 6.57. The standard InChI is InChI=1S/C14H22FN3O/c1-17-5-4-10(8-17)9-18(2)13-7-14(19-3)12(16)6-11(13)15/h6-7,10H,4-5,8-9,16H2,1-3H3. The number of nitrogens with zero attached hydrogens (tertiary/aromatic N) is 2. The molecule has 4 nitrogen and oxygen atoms in total.